The van der Waals surface area contributed by atoms with Crippen molar-refractivity contribution in [2.75, 3.05) is 5.73 Å². The molecule has 0 amide bonds. The highest BCUT2D eigenvalue weighted by molar-refractivity contribution is 5.92. The van der Waals surface area contributed by atoms with Gasteiger partial charge in [0.05, 0.1) is 5.52 Å². The Kier molecular flexibility index (Phi) is 1.95. The number of rotatable bonds is 1. The van der Waals surface area contributed by atoms with Gasteiger partial charge in [0.25, 0.3) is 0 Å². The molecule has 1 aromatic carbocycles. The van der Waals surface area contributed by atoms with Crippen molar-refractivity contribution in [3.8, 4) is 0 Å². The molecule has 0 aliphatic heterocycles. The Morgan fingerprint density at radius 1 is 1.36 bits per heavy atom. The van der Waals surface area contributed by atoms with Crippen LogP contribution in [0.1, 0.15) is 30.9 Å². The first-order chi connectivity index (χ1) is 6.61. The van der Waals surface area contributed by atoms with E-state index in [1.54, 1.807) is 0 Å². The van der Waals surface area contributed by atoms with Gasteiger partial charge in [-0.3, -0.25) is 5.10 Å². The molecule has 0 unspecified atom stereocenters. The Bertz CT molecular complexity index is 469. The van der Waals surface area contributed by atoms with E-state index in [4.69, 9.17) is 5.73 Å². The quantitative estimate of drug-likeness (QED) is 0.724. The second-order valence-electron chi connectivity index (χ2n) is 3.98. The lowest BCUT2D eigenvalue weighted by Gasteiger charge is -2.11. The second kappa shape index (κ2) is 3.01. The Morgan fingerprint density at radius 3 is 2.71 bits per heavy atom. The van der Waals surface area contributed by atoms with Crippen LogP contribution in [0.2, 0.25) is 0 Å². The van der Waals surface area contributed by atoms with E-state index in [1.165, 1.54) is 11.1 Å². The average Bonchev–Trinajstić information content (AvgIpc) is 2.47. The van der Waals surface area contributed by atoms with E-state index in [0.29, 0.717) is 11.7 Å². The lowest BCUT2D eigenvalue weighted by atomic mass is 9.94. The Morgan fingerprint density at radius 2 is 2.07 bits per heavy atom. The molecule has 3 heteroatoms. The number of H-pyrrole nitrogens is 1. The highest BCUT2D eigenvalue weighted by atomic mass is 15.1. The number of hydrogen-bond donors (Lipinski definition) is 2. The molecule has 0 saturated carbocycles. The van der Waals surface area contributed by atoms with E-state index in [1.807, 2.05) is 6.07 Å². The molecule has 14 heavy (non-hydrogen) atoms. The molecule has 0 aliphatic carbocycles. The van der Waals surface area contributed by atoms with Gasteiger partial charge in [0, 0.05) is 5.39 Å². The molecular formula is C11H15N3. The summed E-state index contributed by atoms with van der Waals surface area (Å²) in [7, 11) is 0. The third kappa shape index (κ3) is 1.16. The summed E-state index contributed by atoms with van der Waals surface area (Å²) in [6, 6.07) is 4.13. The van der Waals surface area contributed by atoms with Crippen LogP contribution in [0.3, 0.4) is 0 Å². The van der Waals surface area contributed by atoms with E-state index in [2.05, 4.69) is 37.0 Å². The lowest BCUT2D eigenvalue weighted by molar-refractivity contribution is 0.867. The van der Waals surface area contributed by atoms with Gasteiger partial charge in [0.15, 0.2) is 5.82 Å². The van der Waals surface area contributed by atoms with Crippen LogP contribution < -0.4 is 5.73 Å². The third-order valence-electron chi connectivity index (χ3n) is 2.59. The first-order valence-electron chi connectivity index (χ1n) is 4.84. The molecule has 3 N–H and O–H groups in total. The lowest BCUT2D eigenvalue weighted by Crippen LogP contribution is -1.95. The summed E-state index contributed by atoms with van der Waals surface area (Å²) < 4.78 is 0. The van der Waals surface area contributed by atoms with Crippen molar-refractivity contribution in [2.45, 2.75) is 26.7 Å². The number of nitrogen functional groups attached to an aromatic ring is 1. The maximum atomic E-state index is 5.84. The predicted octanol–water partition coefficient (Wildman–Crippen LogP) is 2.58. The van der Waals surface area contributed by atoms with Gasteiger partial charge in [-0.1, -0.05) is 19.9 Å². The Labute approximate surface area is 83.3 Å². The predicted molar refractivity (Wildman–Crippen MR) is 59.3 cm³/mol. The molecule has 0 spiro atoms. The fourth-order valence-corrected chi connectivity index (χ4v) is 2.01. The SMILES string of the molecule is Cc1ccc2[nH]nc(N)c2c1C(C)C. The van der Waals surface area contributed by atoms with Crippen molar-refractivity contribution in [3.63, 3.8) is 0 Å². The first kappa shape index (κ1) is 9.06. The minimum atomic E-state index is 0.471. The van der Waals surface area contributed by atoms with E-state index in [-0.39, 0.29) is 0 Å². The fraction of sp³-hybridized carbons (Fsp3) is 0.364. The molecule has 2 rings (SSSR count). The summed E-state index contributed by atoms with van der Waals surface area (Å²) in [6.07, 6.45) is 0. The summed E-state index contributed by atoms with van der Waals surface area (Å²) in [4.78, 5) is 0. The van der Waals surface area contributed by atoms with Crippen molar-refractivity contribution < 1.29 is 0 Å². The minimum Gasteiger partial charge on any atom is -0.382 e. The molecule has 0 aliphatic rings. The standard InChI is InChI=1S/C11H15N3/c1-6(2)9-7(3)4-5-8-10(9)11(12)14-13-8/h4-6H,1-3H3,(H3,12,13,14). The van der Waals surface area contributed by atoms with Crippen LogP contribution in [-0.4, -0.2) is 10.2 Å². The number of nitrogens with one attached hydrogen (secondary N) is 1. The summed E-state index contributed by atoms with van der Waals surface area (Å²) in [5.74, 6) is 1.07. The maximum absolute atomic E-state index is 5.84. The molecule has 0 saturated heterocycles. The maximum Gasteiger partial charge on any atom is 0.153 e. The zero-order valence-electron chi connectivity index (χ0n) is 8.76. The van der Waals surface area contributed by atoms with Gasteiger partial charge < -0.3 is 5.73 Å². The van der Waals surface area contributed by atoms with E-state index in [0.717, 1.165) is 10.9 Å². The molecule has 1 aromatic heterocycles. The molecule has 1 heterocycles. The molecule has 0 radical (unpaired) electrons. The number of fused-ring (bicyclic) bond motifs is 1. The average molecular weight is 189 g/mol. The molecule has 0 bridgehead atoms. The zero-order valence-corrected chi connectivity index (χ0v) is 8.76. The summed E-state index contributed by atoms with van der Waals surface area (Å²) >= 11 is 0. The van der Waals surface area contributed by atoms with Gasteiger partial charge in [-0.15, -0.1) is 0 Å². The van der Waals surface area contributed by atoms with Crippen molar-refractivity contribution in [1.29, 1.82) is 0 Å². The van der Waals surface area contributed by atoms with Crippen LogP contribution in [0.4, 0.5) is 5.82 Å². The first-order valence-corrected chi connectivity index (χ1v) is 4.84. The Balaban J connectivity index is 2.87. The van der Waals surface area contributed by atoms with Gasteiger partial charge in [0.1, 0.15) is 0 Å². The van der Waals surface area contributed by atoms with Crippen LogP contribution in [-0.2, 0) is 0 Å². The van der Waals surface area contributed by atoms with Crippen LogP contribution in [0.25, 0.3) is 10.9 Å². The number of anilines is 1. The molecular weight excluding hydrogens is 174 g/mol. The number of hydrogen-bond acceptors (Lipinski definition) is 2. The number of benzene rings is 1. The second-order valence-corrected chi connectivity index (χ2v) is 3.98. The molecule has 2 aromatic rings. The van der Waals surface area contributed by atoms with Crippen molar-refractivity contribution in [3.05, 3.63) is 23.3 Å². The molecule has 0 atom stereocenters. The smallest absolute Gasteiger partial charge is 0.153 e. The number of aromatic amines is 1. The zero-order chi connectivity index (χ0) is 10.3. The van der Waals surface area contributed by atoms with Gasteiger partial charge in [-0.25, -0.2) is 0 Å². The monoisotopic (exact) mass is 189 g/mol. The van der Waals surface area contributed by atoms with Crippen LogP contribution in [0.5, 0.6) is 0 Å². The molecule has 3 nitrogen and oxygen atoms in total. The summed E-state index contributed by atoms with van der Waals surface area (Å²) in [5.41, 5.74) is 9.44. The normalized spacial score (nSPS) is 11.4. The number of nitrogens with zero attached hydrogens (tertiary/aromatic N) is 1. The van der Waals surface area contributed by atoms with Crippen LogP contribution in [0, 0.1) is 6.92 Å². The third-order valence-corrected chi connectivity index (χ3v) is 2.59. The van der Waals surface area contributed by atoms with Crippen LogP contribution in [0.15, 0.2) is 12.1 Å². The highest BCUT2D eigenvalue weighted by Gasteiger charge is 2.12. The minimum absolute atomic E-state index is 0.471. The number of nitrogens with two attached hydrogens (primary N) is 1. The van der Waals surface area contributed by atoms with E-state index >= 15 is 0 Å². The van der Waals surface area contributed by atoms with Gasteiger partial charge in [-0.05, 0) is 30.0 Å². The van der Waals surface area contributed by atoms with Crippen molar-refractivity contribution in [2.24, 2.45) is 0 Å². The van der Waals surface area contributed by atoms with E-state index in [9.17, 15) is 0 Å². The Hall–Kier alpha value is -1.51. The summed E-state index contributed by atoms with van der Waals surface area (Å²) in [5, 5.41) is 8.05. The fourth-order valence-electron chi connectivity index (χ4n) is 2.01. The summed E-state index contributed by atoms with van der Waals surface area (Å²) in [6.45, 7) is 6.46. The van der Waals surface area contributed by atoms with Crippen LogP contribution >= 0.6 is 0 Å². The van der Waals surface area contributed by atoms with Gasteiger partial charge in [-0.2, -0.15) is 5.10 Å². The topological polar surface area (TPSA) is 54.7 Å². The highest BCUT2D eigenvalue weighted by Crippen LogP contribution is 2.30. The van der Waals surface area contributed by atoms with Gasteiger partial charge >= 0.3 is 0 Å². The van der Waals surface area contributed by atoms with Crippen molar-refractivity contribution >= 4 is 16.7 Å². The molecule has 0 fully saturated rings. The van der Waals surface area contributed by atoms with Gasteiger partial charge in [0.2, 0.25) is 0 Å². The van der Waals surface area contributed by atoms with E-state index < -0.39 is 0 Å². The molecule has 74 valence electrons. The number of aryl methyl sites for hydroxylation is 1. The number of aromatic nitrogens is 2. The van der Waals surface area contributed by atoms with Crippen molar-refractivity contribution in [1.82, 2.24) is 10.2 Å². The largest absolute Gasteiger partial charge is 0.382 e.